The van der Waals surface area contributed by atoms with E-state index >= 15 is 0 Å². The summed E-state index contributed by atoms with van der Waals surface area (Å²) in [6.07, 6.45) is 8.78. The third-order valence-corrected chi connectivity index (χ3v) is 6.02. The van der Waals surface area contributed by atoms with Gasteiger partial charge in [-0.15, -0.1) is 0 Å². The van der Waals surface area contributed by atoms with Gasteiger partial charge in [0.15, 0.2) is 0 Å². The summed E-state index contributed by atoms with van der Waals surface area (Å²) in [6.45, 7) is 0.633. The van der Waals surface area contributed by atoms with Crippen LogP contribution in [0.4, 0.5) is 0 Å². The van der Waals surface area contributed by atoms with Crippen molar-refractivity contribution < 1.29 is 14.3 Å². The minimum Gasteiger partial charge on any atom is -0.497 e. The molecule has 0 heterocycles. The van der Waals surface area contributed by atoms with E-state index < -0.39 is 0 Å². The van der Waals surface area contributed by atoms with Gasteiger partial charge in [-0.25, -0.2) is 0 Å². The third-order valence-electron chi connectivity index (χ3n) is 6.02. The molecular weight excluding hydrogens is 340 g/mol. The van der Waals surface area contributed by atoms with Gasteiger partial charge in [-0.2, -0.15) is 0 Å². The zero-order chi connectivity index (χ0) is 19.1. The Morgan fingerprint density at radius 1 is 1.00 bits per heavy atom. The van der Waals surface area contributed by atoms with Crippen LogP contribution in [0, 0.1) is 11.8 Å². The first-order valence-corrected chi connectivity index (χ1v) is 10.4. The molecule has 1 aromatic rings. The number of amides is 2. The summed E-state index contributed by atoms with van der Waals surface area (Å²) in [7, 11) is 1.66. The number of methoxy groups -OCH3 is 1. The number of ether oxygens (including phenoxy) is 1. The second kappa shape index (κ2) is 9.77. The van der Waals surface area contributed by atoms with Crippen LogP contribution in [0.25, 0.3) is 0 Å². The molecule has 27 heavy (non-hydrogen) atoms. The number of hydrogen-bond acceptors (Lipinski definition) is 3. The average molecular weight is 373 g/mol. The first-order chi connectivity index (χ1) is 13.2. The van der Waals surface area contributed by atoms with Gasteiger partial charge in [-0.3, -0.25) is 9.59 Å². The summed E-state index contributed by atoms with van der Waals surface area (Å²) in [4.78, 5) is 24.8. The highest BCUT2D eigenvalue weighted by Gasteiger charge is 2.31. The molecule has 5 nitrogen and oxygen atoms in total. The van der Waals surface area contributed by atoms with Crippen LogP contribution < -0.4 is 15.4 Å². The van der Waals surface area contributed by atoms with E-state index in [-0.39, 0.29) is 23.7 Å². The van der Waals surface area contributed by atoms with Gasteiger partial charge in [0.25, 0.3) is 0 Å². The van der Waals surface area contributed by atoms with Crippen molar-refractivity contribution in [1.82, 2.24) is 10.6 Å². The van der Waals surface area contributed by atoms with E-state index in [1.165, 1.54) is 12.8 Å². The summed E-state index contributed by atoms with van der Waals surface area (Å²) >= 11 is 0. The van der Waals surface area contributed by atoms with Crippen molar-refractivity contribution in [2.24, 2.45) is 11.8 Å². The number of rotatable bonds is 7. The highest BCUT2D eigenvalue weighted by Crippen LogP contribution is 2.30. The fraction of sp³-hybridized carbons (Fsp3) is 0.636. The second-order valence-corrected chi connectivity index (χ2v) is 7.93. The van der Waals surface area contributed by atoms with Crippen molar-refractivity contribution in [3.8, 4) is 5.75 Å². The van der Waals surface area contributed by atoms with Crippen molar-refractivity contribution in [3.05, 3.63) is 29.8 Å². The Morgan fingerprint density at radius 2 is 1.67 bits per heavy atom. The van der Waals surface area contributed by atoms with Crippen LogP contribution in [-0.4, -0.2) is 31.5 Å². The van der Waals surface area contributed by atoms with Crippen LogP contribution in [0.15, 0.2) is 24.3 Å². The molecule has 2 N–H and O–H groups in total. The van der Waals surface area contributed by atoms with Gasteiger partial charge in [0.1, 0.15) is 5.75 Å². The number of carbonyl (C=O) groups is 2. The molecular formula is C22H32N2O3. The average Bonchev–Trinajstić information content (AvgIpc) is 3.21. The van der Waals surface area contributed by atoms with Crippen LogP contribution in [0.1, 0.15) is 56.9 Å². The van der Waals surface area contributed by atoms with E-state index in [2.05, 4.69) is 10.6 Å². The Labute approximate surface area is 162 Å². The van der Waals surface area contributed by atoms with Crippen LogP contribution in [0.2, 0.25) is 0 Å². The molecule has 0 aliphatic heterocycles. The highest BCUT2D eigenvalue weighted by molar-refractivity contribution is 5.81. The van der Waals surface area contributed by atoms with Crippen LogP contribution in [0.3, 0.4) is 0 Å². The summed E-state index contributed by atoms with van der Waals surface area (Å²) in [5.41, 5.74) is 1.15. The third kappa shape index (κ3) is 5.72. The number of nitrogens with one attached hydrogen (secondary N) is 2. The summed E-state index contributed by atoms with van der Waals surface area (Å²) < 4.78 is 5.23. The summed E-state index contributed by atoms with van der Waals surface area (Å²) in [6, 6.07) is 8.32. The molecule has 1 aromatic carbocycles. The van der Waals surface area contributed by atoms with Gasteiger partial charge < -0.3 is 15.4 Å². The van der Waals surface area contributed by atoms with E-state index in [1.54, 1.807) is 7.11 Å². The Bertz CT molecular complexity index is 632. The quantitative estimate of drug-likeness (QED) is 0.772. The summed E-state index contributed by atoms with van der Waals surface area (Å²) in [5.74, 6) is 1.32. The van der Waals surface area contributed by atoms with Crippen LogP contribution >= 0.6 is 0 Å². The van der Waals surface area contributed by atoms with Gasteiger partial charge in [-0.05, 0) is 62.6 Å². The lowest BCUT2D eigenvalue weighted by molar-refractivity contribution is -0.130. The molecule has 148 valence electrons. The Morgan fingerprint density at radius 3 is 2.33 bits per heavy atom. The molecule has 0 radical (unpaired) electrons. The highest BCUT2D eigenvalue weighted by atomic mass is 16.5. The molecule has 2 fully saturated rings. The van der Waals surface area contributed by atoms with E-state index in [0.29, 0.717) is 12.6 Å². The molecule has 5 heteroatoms. The van der Waals surface area contributed by atoms with E-state index in [9.17, 15) is 9.59 Å². The number of benzene rings is 1. The lowest BCUT2D eigenvalue weighted by Crippen LogP contribution is -2.40. The topological polar surface area (TPSA) is 67.4 Å². The standard InChI is InChI=1S/C22H32N2O3/c1-27-20-8-4-5-16(15-20)13-14-23-21(25)17-9-11-18(12-10-17)22(26)24-19-6-2-3-7-19/h4-5,8,15,17-19H,2-3,6-7,9-14H2,1H3,(H,23,25)(H,24,26). The normalized spacial score (nSPS) is 23.0. The molecule has 2 amide bonds. The largest absolute Gasteiger partial charge is 0.497 e. The minimum atomic E-state index is 0.0471. The van der Waals surface area contributed by atoms with Crippen molar-refractivity contribution in [2.45, 2.75) is 63.8 Å². The zero-order valence-electron chi connectivity index (χ0n) is 16.3. The maximum atomic E-state index is 12.4. The Hall–Kier alpha value is -2.04. The van der Waals surface area contributed by atoms with Crippen LogP contribution in [0.5, 0.6) is 5.75 Å². The molecule has 0 spiro atoms. The maximum absolute atomic E-state index is 12.4. The Balaban J connectivity index is 1.36. The van der Waals surface area contributed by atoms with Crippen molar-refractivity contribution >= 4 is 11.8 Å². The molecule has 0 atom stereocenters. The second-order valence-electron chi connectivity index (χ2n) is 7.93. The molecule has 3 rings (SSSR count). The Kier molecular flexibility index (Phi) is 7.13. The smallest absolute Gasteiger partial charge is 0.223 e. The predicted octanol–water partition coefficient (Wildman–Crippen LogP) is 3.22. The summed E-state index contributed by atoms with van der Waals surface area (Å²) in [5, 5.41) is 6.27. The molecule has 2 aliphatic carbocycles. The molecule has 0 saturated heterocycles. The monoisotopic (exact) mass is 372 g/mol. The van der Waals surface area contributed by atoms with Gasteiger partial charge in [0, 0.05) is 24.4 Å². The maximum Gasteiger partial charge on any atom is 0.223 e. The van der Waals surface area contributed by atoms with Crippen molar-refractivity contribution in [1.29, 1.82) is 0 Å². The van der Waals surface area contributed by atoms with Gasteiger partial charge in [-0.1, -0.05) is 25.0 Å². The molecule has 2 saturated carbocycles. The number of hydrogen-bond donors (Lipinski definition) is 2. The lowest BCUT2D eigenvalue weighted by atomic mass is 9.81. The zero-order valence-corrected chi connectivity index (χ0v) is 16.3. The SMILES string of the molecule is COc1cccc(CCNC(=O)C2CCC(C(=O)NC3CCCC3)CC2)c1. The van der Waals surface area contributed by atoms with E-state index in [4.69, 9.17) is 4.74 Å². The number of carbonyl (C=O) groups excluding carboxylic acids is 2. The minimum absolute atomic E-state index is 0.0471. The molecule has 0 unspecified atom stereocenters. The first kappa shape index (κ1) is 19.7. The fourth-order valence-corrected chi connectivity index (χ4v) is 4.31. The predicted molar refractivity (Wildman–Crippen MR) is 106 cm³/mol. The van der Waals surface area contributed by atoms with E-state index in [0.717, 1.165) is 56.3 Å². The van der Waals surface area contributed by atoms with Crippen molar-refractivity contribution in [2.75, 3.05) is 13.7 Å². The van der Waals surface area contributed by atoms with Gasteiger partial charge >= 0.3 is 0 Å². The van der Waals surface area contributed by atoms with Crippen LogP contribution in [-0.2, 0) is 16.0 Å². The van der Waals surface area contributed by atoms with Gasteiger partial charge in [0.2, 0.25) is 11.8 Å². The molecule has 2 aliphatic rings. The van der Waals surface area contributed by atoms with Crippen molar-refractivity contribution in [3.63, 3.8) is 0 Å². The fourth-order valence-electron chi connectivity index (χ4n) is 4.31. The molecule has 0 bridgehead atoms. The van der Waals surface area contributed by atoms with E-state index in [1.807, 2.05) is 24.3 Å². The first-order valence-electron chi connectivity index (χ1n) is 10.4. The lowest BCUT2D eigenvalue weighted by Gasteiger charge is -2.28. The van der Waals surface area contributed by atoms with Gasteiger partial charge in [0.05, 0.1) is 7.11 Å². The molecule has 0 aromatic heterocycles.